The summed E-state index contributed by atoms with van der Waals surface area (Å²) in [6, 6.07) is 6.19. The molecule has 0 spiro atoms. The monoisotopic (exact) mass is 262 g/mol. The van der Waals surface area contributed by atoms with Crippen LogP contribution in [-0.4, -0.2) is 23.4 Å². The molecule has 4 heteroatoms. The lowest BCUT2D eigenvalue weighted by atomic mass is 9.90. The Bertz CT molecular complexity index is 487. The average Bonchev–Trinajstić information content (AvgIpc) is 3.23. The molecule has 102 valence electrons. The van der Waals surface area contributed by atoms with E-state index in [1.165, 1.54) is 6.07 Å². The minimum absolute atomic E-state index is 0.152. The molecule has 1 aliphatic heterocycles. The molecule has 0 bridgehead atoms. The predicted molar refractivity (Wildman–Crippen MR) is 70.8 cm³/mol. The molecule has 2 fully saturated rings. The topological polar surface area (TPSA) is 46.3 Å². The summed E-state index contributed by atoms with van der Waals surface area (Å²) >= 11 is 0. The number of hydrogen-bond donors (Lipinski definition) is 1. The third kappa shape index (κ3) is 2.37. The molecule has 2 N–H and O–H groups in total. The van der Waals surface area contributed by atoms with Crippen molar-refractivity contribution in [3.63, 3.8) is 0 Å². The van der Waals surface area contributed by atoms with Crippen LogP contribution in [0.5, 0.6) is 0 Å². The van der Waals surface area contributed by atoms with Crippen LogP contribution in [0.3, 0.4) is 0 Å². The zero-order valence-corrected chi connectivity index (χ0v) is 10.9. The molecule has 1 saturated heterocycles. The van der Waals surface area contributed by atoms with Crippen molar-refractivity contribution in [3.05, 3.63) is 35.6 Å². The maximum Gasteiger partial charge on any atom is 0.226 e. The van der Waals surface area contributed by atoms with Crippen molar-refractivity contribution in [2.75, 3.05) is 6.54 Å². The SMILES string of the molecule is N[C@@H]1CCCN(C(=O)C2CC2)[C@H]1c1ccccc1F. The van der Waals surface area contributed by atoms with Gasteiger partial charge in [0.05, 0.1) is 6.04 Å². The van der Waals surface area contributed by atoms with E-state index < -0.39 is 0 Å². The number of carbonyl (C=O) groups excluding carboxylic acids is 1. The molecule has 1 saturated carbocycles. The quantitative estimate of drug-likeness (QED) is 0.888. The highest BCUT2D eigenvalue weighted by atomic mass is 19.1. The first-order chi connectivity index (χ1) is 9.18. The van der Waals surface area contributed by atoms with Crippen molar-refractivity contribution in [2.24, 2.45) is 11.7 Å². The minimum atomic E-state index is -0.303. The van der Waals surface area contributed by atoms with Crippen molar-refractivity contribution < 1.29 is 9.18 Å². The Morgan fingerprint density at radius 1 is 1.26 bits per heavy atom. The standard InChI is InChI=1S/C15H19FN2O/c16-12-5-2-1-4-11(12)14-13(17)6-3-9-18(14)15(19)10-7-8-10/h1-2,4-5,10,13-14H,3,6-9,17H2/t13-,14+/m1/s1. The van der Waals surface area contributed by atoms with Crippen LogP contribution in [0.25, 0.3) is 0 Å². The minimum Gasteiger partial charge on any atom is -0.334 e. The van der Waals surface area contributed by atoms with Gasteiger partial charge < -0.3 is 10.6 Å². The van der Waals surface area contributed by atoms with E-state index in [-0.39, 0.29) is 29.7 Å². The van der Waals surface area contributed by atoms with Gasteiger partial charge in [-0.2, -0.15) is 0 Å². The summed E-state index contributed by atoms with van der Waals surface area (Å²) in [7, 11) is 0. The van der Waals surface area contributed by atoms with E-state index in [9.17, 15) is 9.18 Å². The molecule has 0 radical (unpaired) electrons. The lowest BCUT2D eigenvalue weighted by Gasteiger charge is -2.40. The van der Waals surface area contributed by atoms with E-state index in [2.05, 4.69) is 0 Å². The summed E-state index contributed by atoms with van der Waals surface area (Å²) in [5.74, 6) is 0.0430. The summed E-state index contributed by atoms with van der Waals surface area (Å²) in [6.45, 7) is 0.696. The number of halogens is 1. The lowest BCUT2D eigenvalue weighted by Crippen LogP contribution is -2.49. The van der Waals surface area contributed by atoms with Gasteiger partial charge in [0.1, 0.15) is 5.82 Å². The summed E-state index contributed by atoms with van der Waals surface area (Å²) in [6.07, 6.45) is 3.68. The molecular weight excluding hydrogens is 243 g/mol. The molecule has 1 aromatic rings. The van der Waals surface area contributed by atoms with Gasteiger partial charge >= 0.3 is 0 Å². The summed E-state index contributed by atoms with van der Waals surface area (Å²) in [4.78, 5) is 14.2. The number of likely N-dealkylation sites (tertiary alicyclic amines) is 1. The van der Waals surface area contributed by atoms with Crippen LogP contribution in [0.15, 0.2) is 24.3 Å². The highest BCUT2D eigenvalue weighted by Gasteiger charge is 2.40. The molecule has 3 rings (SSSR count). The summed E-state index contributed by atoms with van der Waals surface area (Å²) in [5, 5.41) is 0. The second-order valence-corrected chi connectivity index (χ2v) is 5.58. The van der Waals surface area contributed by atoms with Crippen LogP contribution in [0.4, 0.5) is 4.39 Å². The van der Waals surface area contributed by atoms with E-state index in [0.29, 0.717) is 12.1 Å². The fourth-order valence-electron chi connectivity index (χ4n) is 2.95. The van der Waals surface area contributed by atoms with E-state index >= 15 is 0 Å². The predicted octanol–water partition coefficient (Wildman–Crippen LogP) is 2.23. The van der Waals surface area contributed by atoms with E-state index in [1.54, 1.807) is 18.2 Å². The van der Waals surface area contributed by atoms with E-state index in [4.69, 9.17) is 5.73 Å². The van der Waals surface area contributed by atoms with Gasteiger partial charge in [0.15, 0.2) is 0 Å². The Morgan fingerprint density at radius 3 is 2.68 bits per heavy atom. The Hall–Kier alpha value is -1.42. The van der Waals surface area contributed by atoms with Crippen LogP contribution in [0.2, 0.25) is 0 Å². The maximum atomic E-state index is 14.0. The van der Waals surface area contributed by atoms with Gasteiger partial charge in [0, 0.05) is 24.1 Å². The highest BCUT2D eigenvalue weighted by Crippen LogP contribution is 2.38. The first-order valence-electron chi connectivity index (χ1n) is 6.99. The Kier molecular flexibility index (Phi) is 3.27. The molecule has 1 aromatic carbocycles. The third-order valence-electron chi connectivity index (χ3n) is 4.11. The largest absolute Gasteiger partial charge is 0.334 e. The zero-order valence-electron chi connectivity index (χ0n) is 10.9. The number of amides is 1. The van der Waals surface area contributed by atoms with E-state index in [0.717, 1.165) is 25.7 Å². The van der Waals surface area contributed by atoms with Gasteiger partial charge in [-0.3, -0.25) is 4.79 Å². The second-order valence-electron chi connectivity index (χ2n) is 5.58. The first-order valence-corrected chi connectivity index (χ1v) is 6.99. The molecule has 19 heavy (non-hydrogen) atoms. The van der Waals surface area contributed by atoms with Crippen molar-refractivity contribution >= 4 is 5.91 Å². The zero-order chi connectivity index (χ0) is 13.4. The molecule has 1 amide bonds. The molecular formula is C15H19FN2O. The normalized spacial score (nSPS) is 27.4. The average molecular weight is 262 g/mol. The number of piperidine rings is 1. The lowest BCUT2D eigenvalue weighted by molar-refractivity contribution is -0.137. The second kappa shape index (κ2) is 4.93. The van der Waals surface area contributed by atoms with Crippen molar-refractivity contribution in [1.82, 2.24) is 4.90 Å². The first kappa shape index (κ1) is 12.6. The van der Waals surface area contributed by atoms with Crippen LogP contribution in [-0.2, 0) is 4.79 Å². The molecule has 1 aliphatic carbocycles. The van der Waals surface area contributed by atoms with Crippen molar-refractivity contribution in [2.45, 2.75) is 37.8 Å². The fraction of sp³-hybridized carbons (Fsp3) is 0.533. The Labute approximate surface area is 112 Å². The molecule has 2 atom stereocenters. The van der Waals surface area contributed by atoms with Crippen LogP contribution in [0.1, 0.15) is 37.3 Å². The highest BCUT2D eigenvalue weighted by molar-refractivity contribution is 5.81. The third-order valence-corrected chi connectivity index (χ3v) is 4.11. The smallest absolute Gasteiger partial charge is 0.226 e. The molecule has 0 unspecified atom stereocenters. The van der Waals surface area contributed by atoms with Crippen molar-refractivity contribution in [1.29, 1.82) is 0 Å². The number of carbonyl (C=O) groups is 1. The van der Waals surface area contributed by atoms with Crippen molar-refractivity contribution in [3.8, 4) is 0 Å². The van der Waals surface area contributed by atoms with Gasteiger partial charge in [-0.05, 0) is 31.7 Å². The Morgan fingerprint density at radius 2 is 2.00 bits per heavy atom. The maximum absolute atomic E-state index is 14.0. The number of benzene rings is 1. The molecule has 3 nitrogen and oxygen atoms in total. The van der Waals surface area contributed by atoms with Gasteiger partial charge in [0.2, 0.25) is 5.91 Å². The Balaban J connectivity index is 1.93. The fourth-order valence-corrected chi connectivity index (χ4v) is 2.95. The number of hydrogen-bond acceptors (Lipinski definition) is 2. The van der Waals surface area contributed by atoms with Gasteiger partial charge in [-0.25, -0.2) is 4.39 Å². The molecule has 1 heterocycles. The summed E-state index contributed by atoms with van der Waals surface area (Å²) < 4.78 is 14.0. The van der Waals surface area contributed by atoms with Crippen LogP contribution in [0, 0.1) is 11.7 Å². The molecule has 0 aromatic heterocycles. The van der Waals surface area contributed by atoms with Crippen LogP contribution < -0.4 is 5.73 Å². The number of nitrogens with zero attached hydrogens (tertiary/aromatic N) is 1. The van der Waals surface area contributed by atoms with Gasteiger partial charge in [-0.1, -0.05) is 18.2 Å². The molecule has 2 aliphatic rings. The van der Waals surface area contributed by atoms with Gasteiger partial charge in [-0.15, -0.1) is 0 Å². The van der Waals surface area contributed by atoms with Gasteiger partial charge in [0.25, 0.3) is 0 Å². The number of nitrogens with two attached hydrogens (primary N) is 1. The van der Waals surface area contributed by atoms with E-state index in [1.807, 2.05) is 4.90 Å². The van der Waals surface area contributed by atoms with Crippen LogP contribution >= 0.6 is 0 Å². The summed E-state index contributed by atoms with van der Waals surface area (Å²) in [5.41, 5.74) is 6.73. The number of rotatable bonds is 2.